The van der Waals surface area contributed by atoms with Crippen LogP contribution in [0.4, 0.5) is 48.1 Å². The van der Waals surface area contributed by atoms with E-state index in [2.05, 4.69) is 15.6 Å². The summed E-state index contributed by atoms with van der Waals surface area (Å²) < 4.78 is 94.8. The lowest BCUT2D eigenvalue weighted by molar-refractivity contribution is -0.278. The molecule has 0 aliphatic carbocycles. The molecule has 1 fully saturated rings. The molecule has 252 valence electrons. The number of anilines is 3. The summed E-state index contributed by atoms with van der Waals surface area (Å²) in [6.07, 6.45) is -7.01. The van der Waals surface area contributed by atoms with Gasteiger partial charge in [0.05, 0.1) is 44.6 Å². The van der Waals surface area contributed by atoms with Gasteiger partial charge in [-0.15, -0.1) is 0 Å². The standard InChI is InChI=1S/C29H31Cl2F7N6O2/c1-26(2,3)24(46)39-13-15-5-6-17(30)22(21(15)31)42-25-41-18-11-16(23(45)40-14-28(34,35)29(36,37)38)19(12-20(18)43(25)4)44-9-7-27(32,33)8-10-44/h5-6,11-12H,7-10,13-14H2,1-4H3,(H,39,46)(H,40,45)(H,41,42). The number of imidazole rings is 1. The van der Waals surface area contributed by atoms with Gasteiger partial charge < -0.3 is 25.4 Å². The molecule has 1 aliphatic heterocycles. The van der Waals surface area contributed by atoms with E-state index >= 15 is 0 Å². The van der Waals surface area contributed by atoms with E-state index in [0.29, 0.717) is 11.1 Å². The summed E-state index contributed by atoms with van der Waals surface area (Å²) in [5.41, 5.74) is 0.345. The van der Waals surface area contributed by atoms with Crippen molar-refractivity contribution in [3.05, 3.63) is 45.4 Å². The van der Waals surface area contributed by atoms with Gasteiger partial charge in [0.15, 0.2) is 0 Å². The predicted molar refractivity (Wildman–Crippen MR) is 161 cm³/mol. The lowest BCUT2D eigenvalue weighted by Crippen LogP contribution is -2.47. The van der Waals surface area contributed by atoms with Crippen LogP contribution in [0.2, 0.25) is 10.0 Å². The Hall–Kier alpha value is -3.46. The van der Waals surface area contributed by atoms with Gasteiger partial charge in [-0.1, -0.05) is 50.0 Å². The number of amides is 2. The number of nitrogens with one attached hydrogen (secondary N) is 3. The van der Waals surface area contributed by atoms with Gasteiger partial charge in [-0.05, 0) is 23.8 Å². The maximum atomic E-state index is 13.9. The maximum absolute atomic E-state index is 13.9. The van der Waals surface area contributed by atoms with Gasteiger partial charge in [-0.2, -0.15) is 22.0 Å². The number of piperidine rings is 1. The molecule has 0 saturated carbocycles. The number of alkyl halides is 7. The molecular weight excluding hydrogens is 668 g/mol. The lowest BCUT2D eigenvalue weighted by atomic mass is 9.95. The summed E-state index contributed by atoms with van der Waals surface area (Å²) in [5, 5.41) is 7.80. The molecular formula is C29H31Cl2F7N6O2. The van der Waals surface area contributed by atoms with Crippen LogP contribution < -0.4 is 20.9 Å². The highest BCUT2D eigenvalue weighted by Gasteiger charge is 2.57. The Morgan fingerprint density at radius 1 is 1.00 bits per heavy atom. The number of carbonyl (C=O) groups excluding carboxylic acids is 2. The SMILES string of the molecule is Cn1c(Nc2c(Cl)ccc(CNC(=O)C(C)(C)C)c2Cl)nc2cc(C(=O)NCC(F)(F)C(F)(F)F)c(N3CCC(F)(F)CC3)cc21. The molecule has 1 saturated heterocycles. The van der Waals surface area contributed by atoms with Crippen molar-refractivity contribution in [2.24, 2.45) is 12.5 Å². The third-order valence-electron chi connectivity index (χ3n) is 7.49. The predicted octanol–water partition coefficient (Wildman–Crippen LogP) is 7.45. The van der Waals surface area contributed by atoms with Gasteiger partial charge in [-0.3, -0.25) is 9.59 Å². The fourth-order valence-corrected chi connectivity index (χ4v) is 5.18. The van der Waals surface area contributed by atoms with Crippen LogP contribution in [0.3, 0.4) is 0 Å². The Labute approximate surface area is 269 Å². The molecule has 0 unspecified atom stereocenters. The number of benzene rings is 2. The van der Waals surface area contributed by atoms with Crippen LogP contribution in [0, 0.1) is 5.41 Å². The highest BCUT2D eigenvalue weighted by atomic mass is 35.5. The first-order valence-corrected chi connectivity index (χ1v) is 14.7. The van der Waals surface area contributed by atoms with E-state index in [1.54, 1.807) is 45.3 Å². The third-order valence-corrected chi connectivity index (χ3v) is 8.24. The van der Waals surface area contributed by atoms with Crippen molar-refractivity contribution in [2.45, 2.75) is 58.2 Å². The lowest BCUT2D eigenvalue weighted by Gasteiger charge is -2.34. The molecule has 0 atom stereocenters. The van der Waals surface area contributed by atoms with Crippen molar-refractivity contribution < 1.29 is 40.3 Å². The van der Waals surface area contributed by atoms with Crippen LogP contribution in [0.1, 0.15) is 49.5 Å². The number of hydrogen-bond acceptors (Lipinski definition) is 5. The van der Waals surface area contributed by atoms with Crippen LogP contribution in [0.25, 0.3) is 11.0 Å². The van der Waals surface area contributed by atoms with Gasteiger partial charge in [0, 0.05) is 44.9 Å². The maximum Gasteiger partial charge on any atom is 0.455 e. The quantitative estimate of drug-likeness (QED) is 0.213. The highest BCUT2D eigenvalue weighted by molar-refractivity contribution is 6.39. The van der Waals surface area contributed by atoms with Gasteiger partial charge in [0.2, 0.25) is 11.9 Å². The summed E-state index contributed by atoms with van der Waals surface area (Å²) in [6.45, 7) is 2.92. The minimum absolute atomic E-state index is 0.0537. The monoisotopic (exact) mass is 698 g/mol. The summed E-state index contributed by atoms with van der Waals surface area (Å²) >= 11 is 13.1. The number of nitrogens with zero attached hydrogens (tertiary/aromatic N) is 3. The van der Waals surface area contributed by atoms with Gasteiger partial charge in [0.25, 0.3) is 11.8 Å². The van der Waals surface area contributed by atoms with Crippen molar-refractivity contribution in [1.29, 1.82) is 0 Å². The number of fused-ring (bicyclic) bond motifs is 1. The van der Waals surface area contributed by atoms with Crippen LogP contribution in [0.15, 0.2) is 24.3 Å². The molecule has 8 nitrogen and oxygen atoms in total. The number of hydrogen-bond donors (Lipinski definition) is 3. The molecule has 3 N–H and O–H groups in total. The van der Waals surface area contributed by atoms with E-state index in [1.807, 2.05) is 0 Å². The van der Waals surface area contributed by atoms with Crippen molar-refractivity contribution in [3.63, 3.8) is 0 Å². The number of aryl methyl sites for hydroxylation is 1. The molecule has 46 heavy (non-hydrogen) atoms. The number of halogens is 9. The zero-order valence-electron chi connectivity index (χ0n) is 25.1. The summed E-state index contributed by atoms with van der Waals surface area (Å²) in [7, 11) is 1.59. The van der Waals surface area contributed by atoms with Gasteiger partial charge >= 0.3 is 12.1 Å². The molecule has 1 aliphatic rings. The number of aromatic nitrogens is 2. The second-order valence-electron chi connectivity index (χ2n) is 12.0. The van der Waals surface area contributed by atoms with E-state index in [-0.39, 0.29) is 64.0 Å². The average molecular weight is 699 g/mol. The fraction of sp³-hybridized carbons (Fsp3) is 0.483. The first-order valence-electron chi connectivity index (χ1n) is 14.0. The summed E-state index contributed by atoms with van der Waals surface area (Å²) in [4.78, 5) is 31.3. The average Bonchev–Trinajstić information content (AvgIpc) is 3.25. The molecule has 2 aromatic carbocycles. The minimum Gasteiger partial charge on any atom is -0.370 e. The van der Waals surface area contributed by atoms with E-state index in [9.17, 15) is 40.3 Å². The molecule has 1 aromatic heterocycles. The van der Waals surface area contributed by atoms with Gasteiger partial charge in [0.1, 0.15) is 0 Å². The van der Waals surface area contributed by atoms with E-state index in [4.69, 9.17) is 23.2 Å². The van der Waals surface area contributed by atoms with Crippen LogP contribution in [-0.2, 0) is 18.4 Å². The summed E-state index contributed by atoms with van der Waals surface area (Å²) in [6, 6.07) is 5.80. The van der Waals surface area contributed by atoms with E-state index in [0.717, 1.165) is 0 Å². The highest BCUT2D eigenvalue weighted by Crippen LogP contribution is 2.39. The topological polar surface area (TPSA) is 91.3 Å². The Balaban J connectivity index is 1.71. The number of carbonyl (C=O) groups is 2. The van der Waals surface area contributed by atoms with Crippen LogP contribution in [-0.4, -0.2) is 59.0 Å². The van der Waals surface area contributed by atoms with E-state index in [1.165, 1.54) is 21.6 Å². The molecule has 2 heterocycles. The Morgan fingerprint density at radius 3 is 2.22 bits per heavy atom. The second kappa shape index (κ2) is 12.6. The molecule has 0 spiro atoms. The fourth-order valence-electron chi connectivity index (χ4n) is 4.64. The zero-order chi connectivity index (χ0) is 34.4. The smallest absolute Gasteiger partial charge is 0.370 e. The Kier molecular flexibility index (Phi) is 9.71. The van der Waals surface area contributed by atoms with E-state index < -0.39 is 48.7 Å². The second-order valence-corrected chi connectivity index (χ2v) is 12.8. The van der Waals surface area contributed by atoms with Crippen molar-refractivity contribution in [2.75, 3.05) is 29.9 Å². The zero-order valence-corrected chi connectivity index (χ0v) is 26.6. The molecule has 17 heteroatoms. The molecule has 0 radical (unpaired) electrons. The largest absolute Gasteiger partial charge is 0.455 e. The third kappa shape index (κ3) is 7.56. The Bertz CT molecular complexity index is 1640. The van der Waals surface area contributed by atoms with Crippen molar-refractivity contribution >= 4 is 63.4 Å². The molecule has 2 amide bonds. The number of rotatable bonds is 8. The Morgan fingerprint density at radius 2 is 1.63 bits per heavy atom. The van der Waals surface area contributed by atoms with Gasteiger partial charge in [-0.25, -0.2) is 13.8 Å². The van der Waals surface area contributed by atoms with Crippen LogP contribution >= 0.6 is 23.2 Å². The minimum atomic E-state index is -5.90. The molecule has 4 rings (SSSR count). The normalized spacial score (nSPS) is 15.6. The first-order chi connectivity index (χ1) is 21.1. The first kappa shape index (κ1) is 35.4. The van der Waals surface area contributed by atoms with Crippen molar-refractivity contribution in [3.8, 4) is 0 Å². The van der Waals surface area contributed by atoms with Crippen molar-refractivity contribution in [1.82, 2.24) is 20.2 Å². The molecule has 3 aromatic rings. The summed E-state index contributed by atoms with van der Waals surface area (Å²) in [5.74, 6) is -9.49. The molecule has 0 bridgehead atoms. The van der Waals surface area contributed by atoms with Crippen LogP contribution in [0.5, 0.6) is 0 Å².